The first-order valence-electron chi connectivity index (χ1n) is 7.22. The van der Waals surface area contributed by atoms with Gasteiger partial charge < -0.3 is 9.47 Å². The van der Waals surface area contributed by atoms with Crippen molar-refractivity contribution in [1.82, 2.24) is 4.98 Å². The Labute approximate surface area is 130 Å². The summed E-state index contributed by atoms with van der Waals surface area (Å²) in [7, 11) is 1.52. The smallest absolute Gasteiger partial charge is 0.417 e. The molecule has 0 aliphatic heterocycles. The molecule has 1 amide bonds. The molecule has 5 heteroatoms. The van der Waals surface area contributed by atoms with Crippen molar-refractivity contribution < 1.29 is 14.3 Å². The summed E-state index contributed by atoms with van der Waals surface area (Å²) in [5.41, 5.74) is 2.50. The Kier molecular flexibility index (Phi) is 5.36. The molecular weight excluding hydrogens is 280 g/mol. The zero-order valence-corrected chi connectivity index (χ0v) is 13.1. The fraction of sp³-hybridized carbons (Fsp3) is 0.294. The summed E-state index contributed by atoms with van der Waals surface area (Å²) in [6.07, 6.45) is 1.33. The van der Waals surface area contributed by atoms with Gasteiger partial charge in [0, 0.05) is 5.69 Å². The van der Waals surface area contributed by atoms with Crippen molar-refractivity contribution in [2.75, 3.05) is 12.4 Å². The summed E-state index contributed by atoms with van der Waals surface area (Å²) in [6.45, 7) is 4.03. The lowest BCUT2D eigenvalue weighted by Gasteiger charge is -2.13. The highest BCUT2D eigenvalue weighted by Crippen LogP contribution is 2.26. The molecule has 0 spiro atoms. The van der Waals surface area contributed by atoms with E-state index in [0.29, 0.717) is 17.3 Å². The first-order valence-corrected chi connectivity index (χ1v) is 7.22. The van der Waals surface area contributed by atoms with Crippen LogP contribution in [-0.2, 0) is 6.42 Å². The first-order chi connectivity index (χ1) is 10.6. The van der Waals surface area contributed by atoms with Gasteiger partial charge in [-0.1, -0.05) is 31.5 Å². The SMILES string of the molecule is CCCc1cc(NC(=O)Oc2ccccc2)c(OC)nc1C. The maximum Gasteiger partial charge on any atom is 0.417 e. The second kappa shape index (κ2) is 7.45. The number of carbonyl (C=O) groups excluding carboxylic acids is 1. The lowest BCUT2D eigenvalue weighted by atomic mass is 10.1. The number of benzene rings is 1. The largest absolute Gasteiger partial charge is 0.480 e. The summed E-state index contributed by atoms with van der Waals surface area (Å²) in [5.74, 6) is 0.857. The monoisotopic (exact) mass is 300 g/mol. The van der Waals surface area contributed by atoms with E-state index in [1.165, 1.54) is 7.11 Å². The number of anilines is 1. The van der Waals surface area contributed by atoms with Crippen LogP contribution in [0.3, 0.4) is 0 Å². The third-order valence-corrected chi connectivity index (χ3v) is 3.19. The van der Waals surface area contributed by atoms with Crippen molar-refractivity contribution in [3.63, 3.8) is 0 Å². The lowest BCUT2D eigenvalue weighted by Crippen LogP contribution is -2.18. The number of aromatic nitrogens is 1. The van der Waals surface area contributed by atoms with Crippen molar-refractivity contribution in [2.45, 2.75) is 26.7 Å². The molecule has 2 aromatic rings. The summed E-state index contributed by atoms with van der Waals surface area (Å²) >= 11 is 0. The number of hydrogen-bond donors (Lipinski definition) is 1. The van der Waals surface area contributed by atoms with Gasteiger partial charge in [-0.3, -0.25) is 5.32 Å². The number of carbonyl (C=O) groups is 1. The van der Waals surface area contributed by atoms with Gasteiger partial charge in [0.1, 0.15) is 11.4 Å². The quantitative estimate of drug-likeness (QED) is 0.908. The minimum absolute atomic E-state index is 0.377. The van der Waals surface area contributed by atoms with E-state index < -0.39 is 6.09 Å². The third kappa shape index (κ3) is 3.97. The molecule has 0 atom stereocenters. The van der Waals surface area contributed by atoms with Crippen LogP contribution in [0.1, 0.15) is 24.6 Å². The van der Waals surface area contributed by atoms with Gasteiger partial charge in [0.05, 0.1) is 7.11 Å². The Morgan fingerprint density at radius 2 is 2.00 bits per heavy atom. The lowest BCUT2D eigenvalue weighted by molar-refractivity contribution is 0.215. The van der Waals surface area contributed by atoms with Gasteiger partial charge in [0.25, 0.3) is 0 Å². The summed E-state index contributed by atoms with van der Waals surface area (Å²) in [4.78, 5) is 16.4. The van der Waals surface area contributed by atoms with Crippen LogP contribution in [0.2, 0.25) is 0 Å². The molecule has 2 rings (SSSR count). The van der Waals surface area contributed by atoms with Crippen molar-refractivity contribution in [3.05, 3.63) is 47.7 Å². The zero-order valence-electron chi connectivity index (χ0n) is 13.1. The van der Waals surface area contributed by atoms with Gasteiger partial charge in [0.2, 0.25) is 5.88 Å². The maximum absolute atomic E-state index is 12.0. The van der Waals surface area contributed by atoms with Crippen LogP contribution in [0.5, 0.6) is 11.6 Å². The topological polar surface area (TPSA) is 60.5 Å². The van der Waals surface area contributed by atoms with E-state index in [1.54, 1.807) is 24.3 Å². The van der Waals surface area contributed by atoms with Crippen LogP contribution in [0.25, 0.3) is 0 Å². The van der Waals surface area contributed by atoms with Crippen molar-refractivity contribution in [3.8, 4) is 11.6 Å². The first kappa shape index (κ1) is 15.8. The van der Waals surface area contributed by atoms with Gasteiger partial charge in [-0.05, 0) is 37.1 Å². The van der Waals surface area contributed by atoms with Gasteiger partial charge in [-0.25, -0.2) is 9.78 Å². The number of ether oxygens (including phenoxy) is 2. The maximum atomic E-state index is 12.0. The van der Waals surface area contributed by atoms with Gasteiger partial charge >= 0.3 is 6.09 Å². The molecule has 0 saturated heterocycles. The third-order valence-electron chi connectivity index (χ3n) is 3.19. The van der Waals surface area contributed by atoms with Gasteiger partial charge in [-0.15, -0.1) is 0 Å². The van der Waals surface area contributed by atoms with Crippen LogP contribution in [0.4, 0.5) is 10.5 Å². The van der Waals surface area contributed by atoms with Gasteiger partial charge in [0.15, 0.2) is 0 Å². The molecule has 0 saturated carbocycles. The van der Waals surface area contributed by atoms with E-state index in [1.807, 2.05) is 19.1 Å². The van der Waals surface area contributed by atoms with Crippen LogP contribution in [0, 0.1) is 6.92 Å². The second-order valence-corrected chi connectivity index (χ2v) is 4.87. The van der Waals surface area contributed by atoms with Crippen molar-refractivity contribution in [1.29, 1.82) is 0 Å². The molecule has 22 heavy (non-hydrogen) atoms. The van der Waals surface area contributed by atoms with E-state index in [2.05, 4.69) is 17.2 Å². The molecular formula is C17H20N2O3. The number of nitrogens with one attached hydrogen (secondary N) is 1. The Bertz CT molecular complexity index is 642. The molecule has 1 aromatic carbocycles. The Hall–Kier alpha value is -2.56. The van der Waals surface area contributed by atoms with Crippen LogP contribution >= 0.6 is 0 Å². The number of hydrogen-bond acceptors (Lipinski definition) is 4. The summed E-state index contributed by atoms with van der Waals surface area (Å²) < 4.78 is 10.4. The molecule has 0 bridgehead atoms. The van der Waals surface area contributed by atoms with E-state index in [4.69, 9.17) is 9.47 Å². The average molecular weight is 300 g/mol. The summed E-state index contributed by atoms with van der Waals surface area (Å²) in [6, 6.07) is 10.8. The molecule has 1 N–H and O–H groups in total. The van der Waals surface area contributed by atoms with Crippen molar-refractivity contribution in [2.24, 2.45) is 0 Å². The fourth-order valence-corrected chi connectivity index (χ4v) is 2.12. The normalized spacial score (nSPS) is 10.1. The predicted molar refractivity (Wildman–Crippen MR) is 85.6 cm³/mol. The molecule has 0 aliphatic rings. The second-order valence-electron chi connectivity index (χ2n) is 4.87. The van der Waals surface area contributed by atoms with Crippen LogP contribution in [0.15, 0.2) is 36.4 Å². The summed E-state index contributed by atoms with van der Waals surface area (Å²) in [5, 5.41) is 2.69. The number of para-hydroxylation sites is 1. The highest BCUT2D eigenvalue weighted by Gasteiger charge is 2.13. The highest BCUT2D eigenvalue weighted by molar-refractivity contribution is 5.88. The molecule has 0 unspecified atom stereocenters. The highest BCUT2D eigenvalue weighted by atomic mass is 16.6. The zero-order chi connectivity index (χ0) is 15.9. The molecule has 0 aliphatic carbocycles. The van der Waals surface area contributed by atoms with E-state index in [9.17, 15) is 4.79 Å². The van der Waals surface area contributed by atoms with Crippen LogP contribution < -0.4 is 14.8 Å². The Morgan fingerprint density at radius 3 is 2.64 bits per heavy atom. The van der Waals surface area contributed by atoms with E-state index in [0.717, 1.165) is 24.1 Å². The fourth-order valence-electron chi connectivity index (χ4n) is 2.12. The van der Waals surface area contributed by atoms with Crippen LogP contribution in [-0.4, -0.2) is 18.2 Å². The molecule has 0 fully saturated rings. The van der Waals surface area contributed by atoms with Crippen molar-refractivity contribution >= 4 is 11.8 Å². The number of pyridine rings is 1. The molecule has 116 valence electrons. The Balaban J connectivity index is 2.16. The molecule has 0 radical (unpaired) electrons. The Morgan fingerprint density at radius 1 is 1.27 bits per heavy atom. The molecule has 1 heterocycles. The standard InChI is InChI=1S/C17H20N2O3/c1-4-8-13-11-15(16(21-3)18-12(13)2)19-17(20)22-14-9-6-5-7-10-14/h5-7,9-11H,4,8H2,1-3H3,(H,19,20). The average Bonchev–Trinajstić information content (AvgIpc) is 2.51. The number of amides is 1. The number of aryl methyl sites for hydroxylation is 2. The number of rotatable bonds is 5. The molecule has 5 nitrogen and oxygen atoms in total. The van der Waals surface area contributed by atoms with Gasteiger partial charge in [-0.2, -0.15) is 0 Å². The minimum Gasteiger partial charge on any atom is -0.480 e. The van der Waals surface area contributed by atoms with E-state index in [-0.39, 0.29) is 0 Å². The number of nitrogens with zero attached hydrogens (tertiary/aromatic N) is 1. The molecule has 1 aromatic heterocycles. The van der Waals surface area contributed by atoms with E-state index >= 15 is 0 Å². The minimum atomic E-state index is -0.572. The predicted octanol–water partition coefficient (Wildman–Crippen LogP) is 3.96. The number of methoxy groups -OCH3 is 1.